The van der Waals surface area contributed by atoms with Gasteiger partial charge in [0.2, 0.25) is 0 Å². The summed E-state index contributed by atoms with van der Waals surface area (Å²) in [7, 11) is 1.57. The Hall–Kier alpha value is -0.570. The van der Waals surface area contributed by atoms with Crippen molar-refractivity contribution >= 4 is 5.97 Å². The smallest absolute Gasteiger partial charge is 0.311 e. The van der Waals surface area contributed by atoms with Crippen LogP contribution in [-0.4, -0.2) is 25.3 Å². The molecule has 3 heteroatoms. The first kappa shape index (κ1) is 15.7. The van der Waals surface area contributed by atoms with Gasteiger partial charge in [0.15, 0.2) is 0 Å². The minimum absolute atomic E-state index is 0.0384. The fourth-order valence-electron chi connectivity index (χ4n) is 8.51. The summed E-state index contributed by atoms with van der Waals surface area (Å²) < 4.78 is 11.3. The fraction of sp³-hybridized carbons (Fsp3) is 0.952. The molecular weight excluding hydrogens is 300 g/mol. The molecule has 24 heavy (non-hydrogen) atoms. The number of methoxy groups -OCH3 is 1. The second-order valence-electron chi connectivity index (χ2n) is 10.3. The molecule has 0 aromatic heterocycles. The van der Waals surface area contributed by atoms with E-state index in [4.69, 9.17) is 9.47 Å². The Morgan fingerprint density at radius 3 is 2.58 bits per heavy atom. The molecule has 1 aliphatic heterocycles. The highest BCUT2D eigenvalue weighted by molar-refractivity contribution is 5.77. The SMILES string of the molecule is COC(=O)[C@]1(C)CCC[C@@]2(C)[C@H]3CC[C@@H]4C[C@@]3(CC[C@@H]21)C[C@@]41CO1. The molecule has 4 saturated carbocycles. The molecule has 0 radical (unpaired) electrons. The third-order valence-corrected chi connectivity index (χ3v) is 9.46. The number of esters is 1. The van der Waals surface area contributed by atoms with E-state index in [1.54, 1.807) is 7.11 Å². The van der Waals surface area contributed by atoms with Gasteiger partial charge in [0.05, 0.1) is 24.7 Å². The summed E-state index contributed by atoms with van der Waals surface area (Å²) in [5.41, 5.74) is 0.828. The Labute approximate surface area is 145 Å². The second kappa shape index (κ2) is 4.58. The molecule has 1 heterocycles. The van der Waals surface area contributed by atoms with Gasteiger partial charge >= 0.3 is 5.97 Å². The second-order valence-corrected chi connectivity index (χ2v) is 10.3. The lowest BCUT2D eigenvalue weighted by Gasteiger charge is -2.63. The molecule has 7 atom stereocenters. The van der Waals surface area contributed by atoms with E-state index in [1.165, 1.54) is 51.4 Å². The van der Waals surface area contributed by atoms with Crippen LogP contribution in [0.3, 0.4) is 0 Å². The minimum atomic E-state index is -0.271. The van der Waals surface area contributed by atoms with Gasteiger partial charge in [0, 0.05) is 0 Å². The van der Waals surface area contributed by atoms with Crippen molar-refractivity contribution in [1.29, 1.82) is 0 Å². The molecule has 5 rings (SSSR count). The van der Waals surface area contributed by atoms with Crippen molar-refractivity contribution in [3.05, 3.63) is 0 Å². The molecule has 2 spiro atoms. The lowest BCUT2D eigenvalue weighted by molar-refractivity contribution is -0.183. The van der Waals surface area contributed by atoms with Crippen LogP contribution in [0.15, 0.2) is 0 Å². The Balaban J connectivity index is 1.53. The zero-order valence-corrected chi connectivity index (χ0v) is 15.5. The molecule has 0 aromatic rings. The number of ether oxygens (including phenoxy) is 2. The van der Waals surface area contributed by atoms with Crippen molar-refractivity contribution in [1.82, 2.24) is 0 Å². The average molecular weight is 332 g/mol. The highest BCUT2D eigenvalue weighted by Crippen LogP contribution is 2.75. The van der Waals surface area contributed by atoms with E-state index in [2.05, 4.69) is 13.8 Å². The number of carbonyl (C=O) groups is 1. The maximum Gasteiger partial charge on any atom is 0.311 e. The van der Waals surface area contributed by atoms with Gasteiger partial charge in [-0.05, 0) is 86.9 Å². The van der Waals surface area contributed by atoms with Gasteiger partial charge in [-0.3, -0.25) is 4.79 Å². The van der Waals surface area contributed by atoms with Crippen molar-refractivity contribution < 1.29 is 14.3 Å². The predicted molar refractivity (Wildman–Crippen MR) is 91.4 cm³/mol. The zero-order valence-electron chi connectivity index (χ0n) is 15.5. The van der Waals surface area contributed by atoms with E-state index in [0.29, 0.717) is 16.7 Å². The Morgan fingerprint density at radius 2 is 1.88 bits per heavy atom. The van der Waals surface area contributed by atoms with Crippen LogP contribution in [0, 0.1) is 34.0 Å². The maximum absolute atomic E-state index is 12.7. The summed E-state index contributed by atoms with van der Waals surface area (Å²) in [4.78, 5) is 12.7. The molecule has 0 aromatic carbocycles. The number of fused-ring (bicyclic) bond motifs is 4. The normalized spacial score (nSPS) is 58.0. The molecule has 4 aliphatic carbocycles. The van der Waals surface area contributed by atoms with Crippen molar-refractivity contribution in [3.8, 4) is 0 Å². The summed E-state index contributed by atoms with van der Waals surface area (Å²) in [5, 5.41) is 0. The molecular formula is C21H32O3. The lowest BCUT2D eigenvalue weighted by Crippen LogP contribution is -2.58. The van der Waals surface area contributed by atoms with Crippen molar-refractivity contribution in [2.45, 2.75) is 77.2 Å². The van der Waals surface area contributed by atoms with Crippen LogP contribution in [0.4, 0.5) is 0 Å². The van der Waals surface area contributed by atoms with Crippen molar-refractivity contribution in [2.24, 2.45) is 34.0 Å². The number of hydrogen-bond acceptors (Lipinski definition) is 3. The third-order valence-electron chi connectivity index (χ3n) is 9.46. The summed E-state index contributed by atoms with van der Waals surface area (Å²) in [6, 6.07) is 0. The van der Waals surface area contributed by atoms with E-state index >= 15 is 0 Å². The summed E-state index contributed by atoms with van der Waals surface area (Å²) >= 11 is 0. The lowest BCUT2D eigenvalue weighted by atomic mass is 9.41. The minimum Gasteiger partial charge on any atom is -0.469 e. The molecule has 0 N–H and O–H groups in total. The highest BCUT2D eigenvalue weighted by Gasteiger charge is 2.71. The van der Waals surface area contributed by atoms with Gasteiger partial charge in [-0.2, -0.15) is 0 Å². The number of epoxide rings is 1. The topological polar surface area (TPSA) is 38.8 Å². The maximum atomic E-state index is 12.7. The quantitative estimate of drug-likeness (QED) is 0.529. The van der Waals surface area contributed by atoms with Gasteiger partial charge < -0.3 is 9.47 Å². The first-order valence-corrected chi connectivity index (χ1v) is 10.1. The number of hydrogen-bond donors (Lipinski definition) is 0. The highest BCUT2D eigenvalue weighted by atomic mass is 16.6. The largest absolute Gasteiger partial charge is 0.469 e. The van der Waals surface area contributed by atoms with Crippen LogP contribution in [0.1, 0.15) is 71.6 Å². The van der Waals surface area contributed by atoms with Gasteiger partial charge in [0.25, 0.3) is 0 Å². The molecule has 134 valence electrons. The van der Waals surface area contributed by atoms with Crippen molar-refractivity contribution in [3.63, 3.8) is 0 Å². The van der Waals surface area contributed by atoms with E-state index in [-0.39, 0.29) is 17.0 Å². The van der Waals surface area contributed by atoms with Crippen LogP contribution in [0.5, 0.6) is 0 Å². The molecule has 3 nitrogen and oxygen atoms in total. The predicted octanol–water partition coefficient (Wildman–Crippen LogP) is 4.34. The van der Waals surface area contributed by atoms with Crippen molar-refractivity contribution in [2.75, 3.05) is 13.7 Å². The number of rotatable bonds is 1. The Morgan fingerprint density at radius 1 is 1.08 bits per heavy atom. The summed E-state index contributed by atoms with van der Waals surface area (Å²) in [5.74, 6) is 2.14. The van der Waals surface area contributed by atoms with E-state index in [1.807, 2.05) is 0 Å². The zero-order chi connectivity index (χ0) is 16.8. The van der Waals surface area contributed by atoms with Crippen LogP contribution < -0.4 is 0 Å². The standard InChI is InChI=1S/C21H32O3/c1-18-8-4-9-19(2,17(22)23-3)15(18)7-10-20-11-14(5-6-16(18)20)21(12-20)13-24-21/h14-16H,4-13H2,1-3H3/t14-,15+,16-,18-,19-,20+,21-/m1/s1. The van der Waals surface area contributed by atoms with E-state index < -0.39 is 0 Å². The summed E-state index contributed by atoms with van der Waals surface area (Å²) in [6.45, 7) is 5.75. The van der Waals surface area contributed by atoms with E-state index in [0.717, 1.165) is 24.9 Å². The van der Waals surface area contributed by atoms with Crippen LogP contribution in [-0.2, 0) is 14.3 Å². The molecule has 0 unspecified atom stereocenters. The fourth-order valence-corrected chi connectivity index (χ4v) is 8.51. The van der Waals surface area contributed by atoms with Gasteiger partial charge in [-0.1, -0.05) is 13.3 Å². The van der Waals surface area contributed by atoms with Gasteiger partial charge in [0.1, 0.15) is 0 Å². The van der Waals surface area contributed by atoms with Gasteiger partial charge in [-0.25, -0.2) is 0 Å². The Kier molecular flexibility index (Phi) is 2.99. The summed E-state index contributed by atoms with van der Waals surface area (Å²) in [6.07, 6.45) is 11.4. The number of carbonyl (C=O) groups excluding carboxylic acids is 1. The molecule has 1 saturated heterocycles. The molecule has 2 bridgehead atoms. The molecule has 5 fully saturated rings. The monoisotopic (exact) mass is 332 g/mol. The van der Waals surface area contributed by atoms with Crippen LogP contribution in [0.2, 0.25) is 0 Å². The van der Waals surface area contributed by atoms with Crippen LogP contribution >= 0.6 is 0 Å². The molecule has 0 amide bonds. The first-order chi connectivity index (χ1) is 11.4. The van der Waals surface area contributed by atoms with Crippen LogP contribution in [0.25, 0.3) is 0 Å². The third kappa shape index (κ3) is 1.70. The first-order valence-electron chi connectivity index (χ1n) is 10.1. The van der Waals surface area contributed by atoms with Gasteiger partial charge in [-0.15, -0.1) is 0 Å². The molecule has 5 aliphatic rings. The Bertz CT molecular complexity index is 582. The average Bonchev–Trinajstić information content (AvgIpc) is 3.29. The van der Waals surface area contributed by atoms with E-state index in [9.17, 15) is 4.79 Å².